The molecule has 0 spiro atoms. The van der Waals surface area contributed by atoms with Crippen molar-refractivity contribution in [3.8, 4) is 0 Å². The summed E-state index contributed by atoms with van der Waals surface area (Å²) in [5.74, 6) is 1.50. The standard InChI is InChI=1S/C32H44N4O4/c1-3-40-30(37)15-14-28(34-39-2)31-32(38)36(29-11-7-6-10-27(29)33-31)26-19-23-12-13-24(20-26)35(23)25-17-21-8-4-5-9-22(16-21)18-25/h6-7,10-11,21-26H,3-5,8-9,12-20H2,1-2H3/t21?,22?,23-,24+,25?,26+. The smallest absolute Gasteiger partial charge is 0.306 e. The molecule has 1 aromatic heterocycles. The zero-order valence-electron chi connectivity index (χ0n) is 24.1. The van der Waals surface area contributed by atoms with E-state index in [4.69, 9.17) is 14.6 Å². The van der Waals surface area contributed by atoms with Crippen molar-refractivity contribution in [2.75, 3.05) is 13.7 Å². The lowest BCUT2D eigenvalue weighted by Gasteiger charge is -2.48. The van der Waals surface area contributed by atoms with Crippen LogP contribution in [0, 0.1) is 11.8 Å². The van der Waals surface area contributed by atoms with Gasteiger partial charge in [0.1, 0.15) is 12.8 Å². The van der Waals surface area contributed by atoms with Crippen molar-refractivity contribution in [2.45, 2.75) is 115 Å². The zero-order valence-corrected chi connectivity index (χ0v) is 24.1. The number of carbonyl (C=O) groups excluding carboxylic acids is 1. The SMILES string of the molecule is CCOC(=O)CCC(=NOC)c1nc2ccccc2n([C@H]2C[C@H]3CC[C@@H](C2)N3C2CC3CCCCC(C3)C2)c1=O. The van der Waals surface area contributed by atoms with Crippen molar-refractivity contribution >= 4 is 22.7 Å². The summed E-state index contributed by atoms with van der Waals surface area (Å²) in [6, 6.07) is 9.81. The minimum atomic E-state index is -0.320. The average Bonchev–Trinajstić information content (AvgIpc) is 3.10. The molecule has 4 bridgehead atoms. The monoisotopic (exact) mass is 548 g/mol. The Labute approximate surface area is 237 Å². The quantitative estimate of drug-likeness (QED) is 0.242. The van der Waals surface area contributed by atoms with Crippen LogP contribution in [0.1, 0.15) is 102 Å². The minimum absolute atomic E-state index is 0.118. The van der Waals surface area contributed by atoms with E-state index in [1.807, 2.05) is 28.8 Å². The molecule has 8 nitrogen and oxygen atoms in total. The van der Waals surface area contributed by atoms with E-state index >= 15 is 0 Å². The molecule has 5 atom stereocenters. The highest BCUT2D eigenvalue weighted by molar-refractivity contribution is 6.00. The van der Waals surface area contributed by atoms with Crippen molar-refractivity contribution in [1.29, 1.82) is 0 Å². The fourth-order valence-corrected chi connectivity index (χ4v) is 8.58. The number of para-hydroxylation sites is 2. The molecule has 3 heterocycles. The first-order valence-corrected chi connectivity index (χ1v) is 15.6. The summed E-state index contributed by atoms with van der Waals surface area (Å²) in [4.78, 5) is 39.1. The van der Waals surface area contributed by atoms with Gasteiger partial charge in [0.05, 0.1) is 24.1 Å². The number of hydrogen-bond acceptors (Lipinski definition) is 7. The highest BCUT2D eigenvalue weighted by atomic mass is 16.6. The van der Waals surface area contributed by atoms with Gasteiger partial charge in [0, 0.05) is 30.6 Å². The summed E-state index contributed by atoms with van der Waals surface area (Å²) in [5, 5.41) is 4.16. The number of hydrogen-bond donors (Lipinski definition) is 0. The predicted molar refractivity (Wildman–Crippen MR) is 155 cm³/mol. The van der Waals surface area contributed by atoms with E-state index in [9.17, 15) is 9.59 Å². The Morgan fingerprint density at radius 2 is 1.62 bits per heavy atom. The third-order valence-electron chi connectivity index (χ3n) is 10.0. The second-order valence-electron chi connectivity index (χ2n) is 12.5. The van der Waals surface area contributed by atoms with Gasteiger partial charge >= 0.3 is 5.97 Å². The highest BCUT2D eigenvalue weighted by Gasteiger charge is 2.47. The summed E-state index contributed by atoms with van der Waals surface area (Å²) < 4.78 is 7.10. The molecule has 2 aliphatic carbocycles. The number of nitrogens with zero attached hydrogens (tertiary/aromatic N) is 4. The molecule has 0 N–H and O–H groups in total. The van der Waals surface area contributed by atoms with Gasteiger partial charge in [0.25, 0.3) is 5.56 Å². The van der Waals surface area contributed by atoms with Crippen LogP contribution >= 0.6 is 0 Å². The van der Waals surface area contributed by atoms with Crippen LogP contribution < -0.4 is 5.56 Å². The van der Waals surface area contributed by atoms with Crippen LogP contribution in [0.15, 0.2) is 34.2 Å². The molecule has 0 amide bonds. The third-order valence-corrected chi connectivity index (χ3v) is 10.0. The van der Waals surface area contributed by atoms with Crippen LogP contribution in [0.25, 0.3) is 11.0 Å². The number of carbonyl (C=O) groups is 1. The molecule has 2 saturated carbocycles. The molecule has 2 saturated heterocycles. The van der Waals surface area contributed by atoms with Crippen molar-refractivity contribution in [2.24, 2.45) is 17.0 Å². The fraction of sp³-hybridized carbons (Fsp3) is 0.688. The summed E-state index contributed by atoms with van der Waals surface area (Å²) in [7, 11) is 1.46. The molecule has 40 heavy (non-hydrogen) atoms. The summed E-state index contributed by atoms with van der Waals surface area (Å²) in [6.45, 7) is 2.10. The number of aromatic nitrogens is 2. The van der Waals surface area contributed by atoms with Crippen molar-refractivity contribution in [3.05, 3.63) is 40.3 Å². The molecule has 1 aromatic carbocycles. The number of ether oxygens (including phenoxy) is 1. The molecule has 216 valence electrons. The number of rotatable bonds is 8. The van der Waals surface area contributed by atoms with Gasteiger partial charge in [0.2, 0.25) is 0 Å². The lowest BCUT2D eigenvalue weighted by molar-refractivity contribution is -0.142. The van der Waals surface area contributed by atoms with Gasteiger partial charge in [-0.1, -0.05) is 43.0 Å². The zero-order chi connectivity index (χ0) is 27.6. The molecule has 2 aliphatic heterocycles. The molecule has 4 aliphatic rings. The van der Waals surface area contributed by atoms with Gasteiger partial charge in [-0.05, 0) is 75.8 Å². The van der Waals surface area contributed by atoms with Gasteiger partial charge in [-0.15, -0.1) is 0 Å². The van der Waals surface area contributed by atoms with Crippen LogP contribution in [-0.4, -0.2) is 58.0 Å². The Morgan fingerprint density at radius 1 is 0.925 bits per heavy atom. The van der Waals surface area contributed by atoms with E-state index in [2.05, 4.69) is 10.1 Å². The minimum Gasteiger partial charge on any atom is -0.466 e. The van der Waals surface area contributed by atoms with E-state index in [-0.39, 0.29) is 36.1 Å². The first-order chi connectivity index (χ1) is 19.6. The summed E-state index contributed by atoms with van der Waals surface area (Å²) in [6.07, 6.45) is 14.7. The van der Waals surface area contributed by atoms with Gasteiger partial charge < -0.3 is 14.1 Å². The molecule has 2 unspecified atom stereocenters. The first kappa shape index (κ1) is 27.4. The number of fused-ring (bicyclic) bond motifs is 5. The van der Waals surface area contributed by atoms with Crippen molar-refractivity contribution in [3.63, 3.8) is 0 Å². The lowest BCUT2D eigenvalue weighted by atomic mass is 9.76. The molecule has 0 radical (unpaired) electrons. The highest BCUT2D eigenvalue weighted by Crippen LogP contribution is 2.48. The van der Waals surface area contributed by atoms with Crippen molar-refractivity contribution in [1.82, 2.24) is 14.5 Å². The molecule has 4 fully saturated rings. The maximum atomic E-state index is 14.2. The first-order valence-electron chi connectivity index (χ1n) is 15.6. The average molecular weight is 549 g/mol. The number of esters is 1. The number of piperidine rings is 1. The van der Waals surface area contributed by atoms with E-state index in [0.29, 0.717) is 30.4 Å². The van der Waals surface area contributed by atoms with Crippen molar-refractivity contribution < 1.29 is 14.4 Å². The lowest BCUT2D eigenvalue weighted by Crippen LogP contribution is -2.52. The Bertz CT molecular complexity index is 1280. The molecule has 2 aromatic rings. The van der Waals surface area contributed by atoms with E-state index in [1.165, 1.54) is 64.9 Å². The van der Waals surface area contributed by atoms with Gasteiger partial charge in [-0.25, -0.2) is 4.98 Å². The molecule has 6 rings (SSSR count). The van der Waals surface area contributed by atoms with Crippen LogP contribution in [0.5, 0.6) is 0 Å². The van der Waals surface area contributed by atoms with E-state index < -0.39 is 0 Å². The third kappa shape index (κ3) is 5.44. The summed E-state index contributed by atoms with van der Waals surface area (Å²) >= 11 is 0. The predicted octanol–water partition coefficient (Wildman–Crippen LogP) is 5.62. The Kier molecular flexibility index (Phi) is 8.24. The Balaban J connectivity index is 1.30. The van der Waals surface area contributed by atoms with Gasteiger partial charge in [-0.3, -0.25) is 14.5 Å². The number of benzene rings is 1. The maximum Gasteiger partial charge on any atom is 0.306 e. The Hall–Kier alpha value is -2.74. The molecular formula is C32H44N4O4. The maximum absolute atomic E-state index is 14.2. The normalized spacial score (nSPS) is 30.7. The number of oxime groups is 1. The van der Waals surface area contributed by atoms with E-state index in [0.717, 1.165) is 35.7 Å². The topological polar surface area (TPSA) is 86.0 Å². The second-order valence-corrected chi connectivity index (χ2v) is 12.5. The summed E-state index contributed by atoms with van der Waals surface area (Å²) in [5.41, 5.74) is 2.17. The molecular weight excluding hydrogens is 504 g/mol. The van der Waals surface area contributed by atoms with E-state index in [1.54, 1.807) is 6.92 Å². The Morgan fingerprint density at radius 3 is 2.30 bits per heavy atom. The van der Waals surface area contributed by atoms with Gasteiger partial charge in [-0.2, -0.15) is 0 Å². The van der Waals surface area contributed by atoms with Crippen LogP contribution in [0.2, 0.25) is 0 Å². The van der Waals surface area contributed by atoms with Gasteiger partial charge in [0.15, 0.2) is 5.69 Å². The molecule has 8 heteroatoms. The largest absolute Gasteiger partial charge is 0.466 e. The van der Waals surface area contributed by atoms with Crippen LogP contribution in [-0.2, 0) is 14.4 Å². The second kappa shape index (κ2) is 12.0. The van der Waals surface area contributed by atoms with Crippen LogP contribution in [0.4, 0.5) is 0 Å². The van der Waals surface area contributed by atoms with Crippen LogP contribution in [0.3, 0.4) is 0 Å². The fourth-order valence-electron chi connectivity index (χ4n) is 8.58.